The molecule has 5 heteroatoms. The lowest BCUT2D eigenvalue weighted by Gasteiger charge is -2.11. The fourth-order valence-corrected chi connectivity index (χ4v) is 1.93. The summed E-state index contributed by atoms with van der Waals surface area (Å²) in [5.74, 6) is 0.906. The van der Waals surface area contributed by atoms with Crippen molar-refractivity contribution in [3.63, 3.8) is 0 Å². The molecule has 1 unspecified atom stereocenters. The van der Waals surface area contributed by atoms with Gasteiger partial charge in [0.1, 0.15) is 0 Å². The Morgan fingerprint density at radius 1 is 1.82 bits per heavy atom. The molecule has 0 saturated carbocycles. The minimum Gasteiger partial charge on any atom is -0.366 e. The Labute approximate surface area is 75.3 Å². The summed E-state index contributed by atoms with van der Waals surface area (Å²) in [5.41, 5.74) is 0. The van der Waals surface area contributed by atoms with E-state index in [-0.39, 0.29) is 11.2 Å². The third-order valence-electron chi connectivity index (χ3n) is 1.47. The van der Waals surface area contributed by atoms with E-state index in [4.69, 9.17) is 12.2 Å². The van der Waals surface area contributed by atoms with Crippen LogP contribution in [0.5, 0.6) is 0 Å². The maximum Gasteiger partial charge on any atom is 0.211 e. The van der Waals surface area contributed by atoms with Crippen LogP contribution in [0.15, 0.2) is 0 Å². The third kappa shape index (κ3) is 2.34. The quantitative estimate of drug-likeness (QED) is 0.575. The molecular weight excluding hydrogens is 180 g/mol. The van der Waals surface area contributed by atoms with Gasteiger partial charge in [-0.05, 0) is 18.6 Å². The molecule has 1 atom stereocenters. The van der Waals surface area contributed by atoms with Gasteiger partial charge >= 0.3 is 0 Å². The van der Waals surface area contributed by atoms with Crippen molar-refractivity contribution in [1.29, 1.82) is 0 Å². The zero-order valence-electron chi connectivity index (χ0n) is 6.22. The maximum atomic E-state index is 11.0. The zero-order chi connectivity index (χ0) is 8.27. The highest BCUT2D eigenvalue weighted by atomic mass is 32.2. The van der Waals surface area contributed by atoms with E-state index in [0.717, 1.165) is 12.2 Å². The first-order valence-corrected chi connectivity index (χ1v) is 4.78. The highest BCUT2D eigenvalue weighted by Crippen LogP contribution is 2.18. The fourth-order valence-electron chi connectivity index (χ4n) is 0.857. The van der Waals surface area contributed by atoms with Crippen molar-refractivity contribution in [1.82, 2.24) is 10.6 Å². The van der Waals surface area contributed by atoms with E-state index in [1.165, 1.54) is 11.8 Å². The molecule has 0 amide bonds. The standard InChI is InChI=1S/C6H10N2OS2/c1-7-6(10)8-4-2-3-11-5(4)9/h4H,2-3H2,1H3,(H2,7,8,10). The van der Waals surface area contributed by atoms with E-state index in [2.05, 4.69) is 10.6 Å². The second-order valence-corrected chi connectivity index (χ2v) is 3.74. The Morgan fingerprint density at radius 3 is 3.00 bits per heavy atom. The van der Waals surface area contributed by atoms with Gasteiger partial charge in [0, 0.05) is 12.8 Å². The molecule has 1 aliphatic rings. The highest BCUT2D eigenvalue weighted by Gasteiger charge is 2.25. The number of thioether (sulfide) groups is 1. The number of carbonyl (C=O) groups excluding carboxylic acids is 1. The van der Waals surface area contributed by atoms with Crippen molar-refractivity contribution in [2.75, 3.05) is 12.8 Å². The summed E-state index contributed by atoms with van der Waals surface area (Å²) in [6, 6.07) is -0.0695. The molecule has 0 spiro atoms. The normalized spacial score (nSPS) is 23.4. The number of nitrogens with one attached hydrogen (secondary N) is 2. The van der Waals surface area contributed by atoms with Crippen molar-refractivity contribution < 1.29 is 4.79 Å². The van der Waals surface area contributed by atoms with E-state index < -0.39 is 0 Å². The Morgan fingerprint density at radius 2 is 2.55 bits per heavy atom. The van der Waals surface area contributed by atoms with Crippen molar-refractivity contribution in [2.24, 2.45) is 0 Å². The first kappa shape index (κ1) is 8.80. The van der Waals surface area contributed by atoms with E-state index in [0.29, 0.717) is 5.11 Å². The molecule has 0 radical (unpaired) electrons. The molecule has 1 rings (SSSR count). The van der Waals surface area contributed by atoms with Crippen LogP contribution in [0.25, 0.3) is 0 Å². The van der Waals surface area contributed by atoms with Crippen LogP contribution in [0.1, 0.15) is 6.42 Å². The summed E-state index contributed by atoms with van der Waals surface area (Å²) in [7, 11) is 1.74. The summed E-state index contributed by atoms with van der Waals surface area (Å²) < 4.78 is 0. The van der Waals surface area contributed by atoms with E-state index in [1.54, 1.807) is 7.05 Å². The lowest BCUT2D eigenvalue weighted by Crippen LogP contribution is -2.41. The molecule has 1 saturated heterocycles. The third-order valence-corrected chi connectivity index (χ3v) is 2.80. The molecule has 0 bridgehead atoms. The summed E-state index contributed by atoms with van der Waals surface area (Å²) in [6.45, 7) is 0. The molecule has 1 aliphatic heterocycles. The molecule has 0 aromatic carbocycles. The molecule has 11 heavy (non-hydrogen) atoms. The van der Waals surface area contributed by atoms with Crippen LogP contribution in [0.3, 0.4) is 0 Å². The van der Waals surface area contributed by atoms with Crippen LogP contribution in [-0.4, -0.2) is 29.1 Å². The van der Waals surface area contributed by atoms with Gasteiger partial charge in [-0.3, -0.25) is 4.79 Å². The van der Waals surface area contributed by atoms with Gasteiger partial charge in [-0.1, -0.05) is 11.8 Å². The Kier molecular flexibility index (Phi) is 3.14. The predicted molar refractivity (Wildman–Crippen MR) is 50.7 cm³/mol. The summed E-state index contributed by atoms with van der Waals surface area (Å²) in [5, 5.41) is 6.44. The Hall–Kier alpha value is -0.290. The van der Waals surface area contributed by atoms with Crippen LogP contribution in [-0.2, 0) is 4.79 Å². The van der Waals surface area contributed by atoms with Crippen molar-refractivity contribution >= 4 is 34.2 Å². The highest BCUT2D eigenvalue weighted by molar-refractivity contribution is 8.14. The molecule has 0 aromatic rings. The molecule has 0 aliphatic carbocycles. The molecule has 1 fully saturated rings. The zero-order valence-corrected chi connectivity index (χ0v) is 7.85. The van der Waals surface area contributed by atoms with E-state index in [1.807, 2.05) is 0 Å². The number of carbonyl (C=O) groups is 1. The second kappa shape index (κ2) is 3.92. The largest absolute Gasteiger partial charge is 0.366 e. The minimum absolute atomic E-state index is 0.0695. The molecular formula is C6H10N2OS2. The predicted octanol–water partition coefficient (Wildman–Crippen LogP) is 0.112. The lowest BCUT2D eigenvalue weighted by atomic mass is 10.2. The first-order valence-electron chi connectivity index (χ1n) is 3.39. The Balaban J connectivity index is 2.36. The average Bonchev–Trinajstić information content (AvgIpc) is 2.37. The van der Waals surface area contributed by atoms with Crippen molar-refractivity contribution in [3.05, 3.63) is 0 Å². The lowest BCUT2D eigenvalue weighted by molar-refractivity contribution is -0.111. The maximum absolute atomic E-state index is 11.0. The van der Waals surface area contributed by atoms with Crippen LogP contribution < -0.4 is 10.6 Å². The monoisotopic (exact) mass is 190 g/mol. The molecule has 0 aromatic heterocycles. The minimum atomic E-state index is -0.0695. The SMILES string of the molecule is CNC(=S)NC1CCSC1=O. The molecule has 62 valence electrons. The van der Waals surface area contributed by atoms with Crippen LogP contribution in [0, 0.1) is 0 Å². The average molecular weight is 190 g/mol. The second-order valence-electron chi connectivity index (χ2n) is 2.23. The van der Waals surface area contributed by atoms with E-state index in [9.17, 15) is 4.79 Å². The number of thiocarbonyl (C=S) groups is 1. The van der Waals surface area contributed by atoms with Crippen LogP contribution in [0.2, 0.25) is 0 Å². The van der Waals surface area contributed by atoms with Gasteiger partial charge < -0.3 is 10.6 Å². The van der Waals surface area contributed by atoms with Gasteiger partial charge in [-0.25, -0.2) is 0 Å². The van der Waals surface area contributed by atoms with Gasteiger partial charge in [-0.15, -0.1) is 0 Å². The summed E-state index contributed by atoms with van der Waals surface area (Å²) in [4.78, 5) is 11.0. The van der Waals surface area contributed by atoms with E-state index >= 15 is 0 Å². The first-order chi connectivity index (χ1) is 5.24. The number of hydrogen-bond acceptors (Lipinski definition) is 3. The smallest absolute Gasteiger partial charge is 0.211 e. The van der Waals surface area contributed by atoms with Crippen molar-refractivity contribution in [3.8, 4) is 0 Å². The van der Waals surface area contributed by atoms with Gasteiger partial charge in [0.15, 0.2) is 5.11 Å². The van der Waals surface area contributed by atoms with Crippen LogP contribution >= 0.6 is 24.0 Å². The Bertz CT molecular complexity index is 183. The summed E-state index contributed by atoms with van der Waals surface area (Å²) >= 11 is 6.23. The molecule has 2 N–H and O–H groups in total. The van der Waals surface area contributed by atoms with Crippen LogP contribution in [0.4, 0.5) is 0 Å². The number of rotatable bonds is 1. The van der Waals surface area contributed by atoms with Crippen molar-refractivity contribution in [2.45, 2.75) is 12.5 Å². The number of hydrogen-bond donors (Lipinski definition) is 2. The van der Waals surface area contributed by atoms with Gasteiger partial charge in [0.2, 0.25) is 5.12 Å². The topological polar surface area (TPSA) is 41.1 Å². The molecule has 3 nitrogen and oxygen atoms in total. The fraction of sp³-hybridized carbons (Fsp3) is 0.667. The van der Waals surface area contributed by atoms with Gasteiger partial charge in [0.05, 0.1) is 6.04 Å². The van der Waals surface area contributed by atoms with Gasteiger partial charge in [0.25, 0.3) is 0 Å². The van der Waals surface area contributed by atoms with Gasteiger partial charge in [-0.2, -0.15) is 0 Å². The molecule has 1 heterocycles. The summed E-state index contributed by atoms with van der Waals surface area (Å²) in [6.07, 6.45) is 0.880.